The lowest BCUT2D eigenvalue weighted by molar-refractivity contribution is -0.129. The summed E-state index contributed by atoms with van der Waals surface area (Å²) in [6.45, 7) is 8.00. The monoisotopic (exact) mass is 264 g/mol. The molecule has 106 valence electrons. The standard InChI is InChI=1S/C14H24N4O/c1-4-7-18-12(5-6-16-18)14-11(15)8-13(19)17(14)9-10(2)3/h5-6,10-11,14H,4,7-9,15H2,1-3H3. The van der Waals surface area contributed by atoms with E-state index in [0.29, 0.717) is 12.3 Å². The molecule has 1 aliphatic rings. The maximum atomic E-state index is 12.1. The molecule has 0 spiro atoms. The SMILES string of the molecule is CCCn1nccc1C1C(N)CC(=O)N1CC(C)C. The summed E-state index contributed by atoms with van der Waals surface area (Å²) in [5.41, 5.74) is 7.26. The van der Waals surface area contributed by atoms with Gasteiger partial charge >= 0.3 is 0 Å². The van der Waals surface area contributed by atoms with Crippen LogP contribution in [0.5, 0.6) is 0 Å². The van der Waals surface area contributed by atoms with Gasteiger partial charge in [0.2, 0.25) is 5.91 Å². The Morgan fingerprint density at radius 3 is 2.89 bits per heavy atom. The lowest BCUT2D eigenvalue weighted by atomic mass is 10.1. The minimum atomic E-state index is -0.126. The Kier molecular flexibility index (Phi) is 4.24. The molecule has 0 radical (unpaired) electrons. The highest BCUT2D eigenvalue weighted by molar-refractivity contribution is 5.80. The summed E-state index contributed by atoms with van der Waals surface area (Å²) >= 11 is 0. The lowest BCUT2D eigenvalue weighted by Gasteiger charge is -2.29. The van der Waals surface area contributed by atoms with Crippen molar-refractivity contribution in [3.8, 4) is 0 Å². The van der Waals surface area contributed by atoms with E-state index in [0.717, 1.165) is 25.2 Å². The van der Waals surface area contributed by atoms with Crippen molar-refractivity contribution in [2.75, 3.05) is 6.54 Å². The van der Waals surface area contributed by atoms with Gasteiger partial charge in [-0.25, -0.2) is 0 Å². The molecule has 2 atom stereocenters. The number of carbonyl (C=O) groups excluding carboxylic acids is 1. The first kappa shape index (κ1) is 14.1. The quantitative estimate of drug-likeness (QED) is 0.877. The van der Waals surface area contributed by atoms with E-state index in [9.17, 15) is 4.79 Å². The fraction of sp³-hybridized carbons (Fsp3) is 0.714. The summed E-state index contributed by atoms with van der Waals surface area (Å²) in [5.74, 6) is 0.606. The van der Waals surface area contributed by atoms with Crippen LogP contribution in [0.1, 0.15) is 45.3 Å². The Morgan fingerprint density at radius 1 is 1.53 bits per heavy atom. The second kappa shape index (κ2) is 5.74. The van der Waals surface area contributed by atoms with E-state index in [1.165, 1.54) is 0 Å². The molecule has 5 heteroatoms. The summed E-state index contributed by atoms with van der Waals surface area (Å²) in [7, 11) is 0. The first-order chi connectivity index (χ1) is 9.04. The molecule has 1 fully saturated rings. The topological polar surface area (TPSA) is 64.2 Å². The molecule has 0 saturated carbocycles. The van der Waals surface area contributed by atoms with Crippen molar-refractivity contribution in [1.82, 2.24) is 14.7 Å². The van der Waals surface area contributed by atoms with Gasteiger partial charge in [-0.05, 0) is 18.4 Å². The van der Waals surface area contributed by atoms with E-state index in [1.807, 2.05) is 15.6 Å². The number of likely N-dealkylation sites (tertiary alicyclic amines) is 1. The Balaban J connectivity index is 2.28. The number of nitrogens with two attached hydrogens (primary N) is 1. The van der Waals surface area contributed by atoms with Gasteiger partial charge in [-0.3, -0.25) is 9.48 Å². The molecule has 1 aromatic rings. The van der Waals surface area contributed by atoms with Gasteiger partial charge in [0, 0.05) is 31.7 Å². The van der Waals surface area contributed by atoms with Crippen LogP contribution in [-0.2, 0) is 11.3 Å². The molecule has 2 heterocycles. The molecule has 0 aromatic carbocycles. The Morgan fingerprint density at radius 2 is 2.26 bits per heavy atom. The van der Waals surface area contributed by atoms with Gasteiger partial charge in [0.05, 0.1) is 11.7 Å². The molecule has 19 heavy (non-hydrogen) atoms. The summed E-state index contributed by atoms with van der Waals surface area (Å²) in [4.78, 5) is 14.0. The first-order valence-corrected chi connectivity index (χ1v) is 7.11. The number of amides is 1. The summed E-state index contributed by atoms with van der Waals surface area (Å²) in [6.07, 6.45) is 3.26. The highest BCUT2D eigenvalue weighted by atomic mass is 16.2. The molecule has 2 N–H and O–H groups in total. The van der Waals surface area contributed by atoms with Crippen LogP contribution in [-0.4, -0.2) is 33.2 Å². The first-order valence-electron chi connectivity index (χ1n) is 7.11. The highest BCUT2D eigenvalue weighted by Gasteiger charge is 2.40. The van der Waals surface area contributed by atoms with E-state index < -0.39 is 0 Å². The Hall–Kier alpha value is -1.36. The molecule has 0 bridgehead atoms. The van der Waals surface area contributed by atoms with Crippen LogP contribution in [0.3, 0.4) is 0 Å². The number of carbonyl (C=O) groups is 1. The highest BCUT2D eigenvalue weighted by Crippen LogP contribution is 2.32. The van der Waals surface area contributed by atoms with Crippen LogP contribution < -0.4 is 5.73 Å². The van der Waals surface area contributed by atoms with Crippen molar-refractivity contribution in [2.24, 2.45) is 11.7 Å². The average molecular weight is 264 g/mol. The van der Waals surface area contributed by atoms with E-state index in [4.69, 9.17) is 5.73 Å². The second-order valence-corrected chi connectivity index (χ2v) is 5.73. The van der Waals surface area contributed by atoms with Gasteiger partial charge < -0.3 is 10.6 Å². The van der Waals surface area contributed by atoms with Crippen LogP contribution >= 0.6 is 0 Å². The van der Waals surface area contributed by atoms with E-state index >= 15 is 0 Å². The number of hydrogen-bond donors (Lipinski definition) is 1. The van der Waals surface area contributed by atoms with Crippen LogP contribution in [0.4, 0.5) is 0 Å². The third-order valence-electron chi connectivity index (χ3n) is 3.52. The van der Waals surface area contributed by atoms with Crippen LogP contribution in [0.25, 0.3) is 0 Å². The fourth-order valence-electron chi connectivity index (χ4n) is 2.80. The van der Waals surface area contributed by atoms with E-state index in [1.54, 1.807) is 6.20 Å². The van der Waals surface area contributed by atoms with Gasteiger partial charge in [0.15, 0.2) is 0 Å². The molecule has 1 amide bonds. The predicted molar refractivity (Wildman–Crippen MR) is 74.4 cm³/mol. The molecule has 1 aliphatic heterocycles. The van der Waals surface area contributed by atoms with Crippen molar-refractivity contribution in [3.05, 3.63) is 18.0 Å². The van der Waals surface area contributed by atoms with Gasteiger partial charge in [-0.2, -0.15) is 5.10 Å². The number of nitrogens with zero attached hydrogens (tertiary/aromatic N) is 3. The average Bonchev–Trinajstić information content (AvgIpc) is 2.85. The lowest BCUT2D eigenvalue weighted by Crippen LogP contribution is -2.36. The van der Waals surface area contributed by atoms with Crippen LogP contribution in [0, 0.1) is 5.92 Å². The zero-order valence-electron chi connectivity index (χ0n) is 12.0. The summed E-state index contributed by atoms with van der Waals surface area (Å²) in [6, 6.07) is 1.84. The largest absolute Gasteiger partial charge is 0.332 e. The number of aromatic nitrogens is 2. The zero-order chi connectivity index (χ0) is 14.0. The zero-order valence-corrected chi connectivity index (χ0v) is 12.0. The molecule has 1 saturated heterocycles. The van der Waals surface area contributed by atoms with Crippen molar-refractivity contribution < 1.29 is 4.79 Å². The Bertz CT molecular complexity index is 440. The minimum absolute atomic E-state index is 0.0241. The van der Waals surface area contributed by atoms with Gasteiger partial charge in [0.25, 0.3) is 0 Å². The third kappa shape index (κ3) is 2.81. The van der Waals surface area contributed by atoms with Crippen molar-refractivity contribution in [3.63, 3.8) is 0 Å². The maximum absolute atomic E-state index is 12.1. The fourth-order valence-corrected chi connectivity index (χ4v) is 2.80. The maximum Gasteiger partial charge on any atom is 0.224 e. The molecule has 0 aliphatic carbocycles. The summed E-state index contributed by atoms with van der Waals surface area (Å²) < 4.78 is 1.98. The molecular weight excluding hydrogens is 240 g/mol. The predicted octanol–water partition coefficient (Wildman–Crippen LogP) is 1.55. The number of rotatable bonds is 5. The molecule has 5 nitrogen and oxygen atoms in total. The van der Waals surface area contributed by atoms with E-state index in [-0.39, 0.29) is 18.0 Å². The van der Waals surface area contributed by atoms with Crippen LogP contribution in [0.15, 0.2) is 12.3 Å². The van der Waals surface area contributed by atoms with Gasteiger partial charge in [-0.1, -0.05) is 20.8 Å². The van der Waals surface area contributed by atoms with Gasteiger partial charge in [0.1, 0.15) is 0 Å². The third-order valence-corrected chi connectivity index (χ3v) is 3.52. The Labute approximate surface area is 114 Å². The van der Waals surface area contributed by atoms with Crippen molar-refractivity contribution in [1.29, 1.82) is 0 Å². The normalized spacial score (nSPS) is 23.6. The number of hydrogen-bond acceptors (Lipinski definition) is 3. The van der Waals surface area contributed by atoms with Crippen LogP contribution in [0.2, 0.25) is 0 Å². The second-order valence-electron chi connectivity index (χ2n) is 5.73. The molecular formula is C14H24N4O. The van der Waals surface area contributed by atoms with Crippen molar-refractivity contribution >= 4 is 5.91 Å². The molecule has 1 aromatic heterocycles. The summed E-state index contributed by atoms with van der Waals surface area (Å²) in [5, 5.41) is 4.35. The van der Waals surface area contributed by atoms with Crippen molar-refractivity contribution in [2.45, 2.75) is 52.2 Å². The van der Waals surface area contributed by atoms with Gasteiger partial charge in [-0.15, -0.1) is 0 Å². The molecule has 2 rings (SSSR count). The minimum Gasteiger partial charge on any atom is -0.332 e. The van der Waals surface area contributed by atoms with E-state index in [2.05, 4.69) is 25.9 Å². The number of aryl methyl sites for hydroxylation is 1. The smallest absolute Gasteiger partial charge is 0.224 e. The molecule has 2 unspecified atom stereocenters.